The lowest BCUT2D eigenvalue weighted by Crippen LogP contribution is -2.27. The van der Waals surface area contributed by atoms with E-state index < -0.39 is 5.97 Å². The smallest absolute Gasteiger partial charge is 0.308 e. The predicted molar refractivity (Wildman–Crippen MR) is 76.0 cm³/mol. The minimum Gasteiger partial charge on any atom is -0.481 e. The topological polar surface area (TPSA) is 72.2 Å². The van der Waals surface area contributed by atoms with E-state index in [2.05, 4.69) is 5.10 Å². The van der Waals surface area contributed by atoms with Gasteiger partial charge >= 0.3 is 5.97 Å². The summed E-state index contributed by atoms with van der Waals surface area (Å²) < 4.78 is 1.27. The van der Waals surface area contributed by atoms with Gasteiger partial charge in [-0.05, 0) is 25.1 Å². The molecular weight excluding hydrogens is 280 g/mol. The molecule has 1 heterocycles. The Morgan fingerprint density at radius 2 is 2.00 bits per heavy atom. The lowest BCUT2D eigenvalue weighted by atomic mass is 10.1. The Morgan fingerprint density at radius 1 is 1.35 bits per heavy atom. The van der Waals surface area contributed by atoms with Crippen LogP contribution in [0.4, 0.5) is 0 Å². The summed E-state index contributed by atoms with van der Waals surface area (Å²) in [5.74, 6) is -1.04. The minimum atomic E-state index is -1.04. The summed E-state index contributed by atoms with van der Waals surface area (Å²) >= 11 is 5.83. The third kappa shape index (κ3) is 3.05. The molecule has 20 heavy (non-hydrogen) atoms. The van der Waals surface area contributed by atoms with Gasteiger partial charge in [0, 0.05) is 22.7 Å². The molecule has 2 rings (SSSR count). The van der Waals surface area contributed by atoms with Gasteiger partial charge in [-0.3, -0.25) is 9.59 Å². The number of aliphatic carboxylic acids is 1. The van der Waals surface area contributed by atoms with Crippen LogP contribution < -0.4 is 5.56 Å². The molecule has 0 spiro atoms. The first kappa shape index (κ1) is 14.3. The maximum absolute atomic E-state index is 12.0. The molecule has 0 aliphatic rings. The Balaban J connectivity index is 2.56. The molecule has 1 N–H and O–H groups in total. The SMILES string of the molecule is CCn1nc(-c2ccc(Cl)cc2)cc(CC(=O)O)c1=O. The molecule has 0 radical (unpaired) electrons. The maximum atomic E-state index is 12.0. The van der Waals surface area contributed by atoms with Gasteiger partial charge in [0.15, 0.2) is 0 Å². The molecule has 0 amide bonds. The number of rotatable bonds is 4. The highest BCUT2D eigenvalue weighted by molar-refractivity contribution is 6.30. The van der Waals surface area contributed by atoms with E-state index in [1.807, 2.05) is 0 Å². The van der Waals surface area contributed by atoms with Crippen LogP contribution in [-0.4, -0.2) is 20.9 Å². The second kappa shape index (κ2) is 5.88. The Hall–Kier alpha value is -2.14. The molecule has 1 aromatic carbocycles. The van der Waals surface area contributed by atoms with E-state index in [1.54, 1.807) is 31.2 Å². The molecule has 104 valence electrons. The number of carbonyl (C=O) groups is 1. The lowest BCUT2D eigenvalue weighted by molar-refractivity contribution is -0.136. The number of aromatic nitrogens is 2. The van der Waals surface area contributed by atoms with Crippen molar-refractivity contribution < 1.29 is 9.90 Å². The van der Waals surface area contributed by atoms with Gasteiger partial charge in [0.25, 0.3) is 5.56 Å². The van der Waals surface area contributed by atoms with E-state index in [0.717, 1.165) is 5.56 Å². The zero-order chi connectivity index (χ0) is 14.7. The van der Waals surface area contributed by atoms with Crippen LogP contribution in [0.15, 0.2) is 35.1 Å². The first-order valence-corrected chi connectivity index (χ1v) is 6.48. The second-order valence-corrected chi connectivity index (χ2v) is 4.69. The highest BCUT2D eigenvalue weighted by Gasteiger charge is 2.12. The Labute approximate surface area is 120 Å². The van der Waals surface area contributed by atoms with Crippen molar-refractivity contribution in [3.05, 3.63) is 51.3 Å². The average molecular weight is 293 g/mol. The van der Waals surface area contributed by atoms with E-state index >= 15 is 0 Å². The Morgan fingerprint density at radius 3 is 2.55 bits per heavy atom. The van der Waals surface area contributed by atoms with Gasteiger partial charge in [-0.15, -0.1) is 0 Å². The number of aryl methyl sites for hydroxylation is 1. The maximum Gasteiger partial charge on any atom is 0.308 e. The molecule has 0 aliphatic heterocycles. The van der Waals surface area contributed by atoms with Crippen LogP contribution in [0.1, 0.15) is 12.5 Å². The van der Waals surface area contributed by atoms with E-state index in [9.17, 15) is 9.59 Å². The van der Waals surface area contributed by atoms with Crippen molar-refractivity contribution in [3.63, 3.8) is 0 Å². The number of carboxylic acid groups (broad SMARTS) is 1. The third-order valence-electron chi connectivity index (χ3n) is 2.83. The van der Waals surface area contributed by atoms with Crippen LogP contribution in [0.5, 0.6) is 0 Å². The lowest BCUT2D eigenvalue weighted by Gasteiger charge is -2.08. The van der Waals surface area contributed by atoms with Gasteiger partial charge in [0.2, 0.25) is 0 Å². The van der Waals surface area contributed by atoms with Crippen molar-refractivity contribution in [1.82, 2.24) is 9.78 Å². The standard InChI is InChI=1S/C14H13ClN2O3/c1-2-17-14(20)10(8-13(18)19)7-12(16-17)9-3-5-11(15)6-4-9/h3-7H,2,8H2,1H3,(H,18,19). The van der Waals surface area contributed by atoms with Crippen molar-refractivity contribution in [1.29, 1.82) is 0 Å². The van der Waals surface area contributed by atoms with E-state index in [-0.39, 0.29) is 17.5 Å². The van der Waals surface area contributed by atoms with Crippen molar-refractivity contribution in [2.24, 2.45) is 0 Å². The summed E-state index contributed by atoms with van der Waals surface area (Å²) in [6.07, 6.45) is -0.318. The van der Waals surface area contributed by atoms with Crippen molar-refractivity contribution in [3.8, 4) is 11.3 Å². The largest absolute Gasteiger partial charge is 0.481 e. The number of halogens is 1. The van der Waals surface area contributed by atoms with Gasteiger partial charge in [0.1, 0.15) is 0 Å². The molecule has 0 atom stereocenters. The van der Waals surface area contributed by atoms with Crippen LogP contribution in [0.25, 0.3) is 11.3 Å². The first-order valence-electron chi connectivity index (χ1n) is 6.10. The fourth-order valence-electron chi connectivity index (χ4n) is 1.86. The fraction of sp³-hybridized carbons (Fsp3) is 0.214. The Kier molecular flexibility index (Phi) is 4.20. The summed E-state index contributed by atoms with van der Waals surface area (Å²) in [4.78, 5) is 22.8. The second-order valence-electron chi connectivity index (χ2n) is 4.25. The van der Waals surface area contributed by atoms with E-state index in [1.165, 1.54) is 10.7 Å². The van der Waals surface area contributed by atoms with Crippen LogP contribution >= 0.6 is 11.6 Å². The van der Waals surface area contributed by atoms with E-state index in [4.69, 9.17) is 16.7 Å². The normalized spacial score (nSPS) is 10.5. The first-order chi connectivity index (χ1) is 9.51. The molecule has 0 aliphatic carbocycles. The summed E-state index contributed by atoms with van der Waals surface area (Å²) in [6.45, 7) is 2.16. The minimum absolute atomic E-state index is 0.222. The average Bonchev–Trinajstić information content (AvgIpc) is 2.41. The van der Waals surface area contributed by atoms with Crippen molar-refractivity contribution in [2.75, 3.05) is 0 Å². The molecule has 0 bridgehead atoms. The molecule has 0 saturated carbocycles. The summed E-state index contributed by atoms with van der Waals surface area (Å²) in [5, 5.41) is 13.7. The summed E-state index contributed by atoms with van der Waals surface area (Å²) in [6, 6.07) is 8.51. The van der Waals surface area contributed by atoms with Gasteiger partial charge < -0.3 is 5.11 Å². The van der Waals surface area contributed by atoms with Crippen LogP contribution in [-0.2, 0) is 17.8 Å². The van der Waals surface area contributed by atoms with Gasteiger partial charge in [0.05, 0.1) is 12.1 Å². The Bertz CT molecular complexity index is 693. The number of hydrogen-bond acceptors (Lipinski definition) is 3. The van der Waals surface area contributed by atoms with Crippen molar-refractivity contribution in [2.45, 2.75) is 19.9 Å². The molecule has 1 aromatic heterocycles. The molecule has 5 nitrogen and oxygen atoms in total. The summed E-state index contributed by atoms with van der Waals surface area (Å²) in [7, 11) is 0. The summed E-state index contributed by atoms with van der Waals surface area (Å²) in [5.41, 5.74) is 1.19. The van der Waals surface area contributed by atoms with Crippen LogP contribution in [0, 0.1) is 0 Å². The number of hydrogen-bond donors (Lipinski definition) is 1. The van der Waals surface area contributed by atoms with Gasteiger partial charge in [-0.1, -0.05) is 23.7 Å². The molecule has 0 saturated heterocycles. The van der Waals surface area contributed by atoms with Crippen LogP contribution in [0.2, 0.25) is 5.02 Å². The van der Waals surface area contributed by atoms with Gasteiger partial charge in [-0.25, -0.2) is 4.68 Å². The van der Waals surface area contributed by atoms with Gasteiger partial charge in [-0.2, -0.15) is 5.10 Å². The van der Waals surface area contributed by atoms with E-state index in [0.29, 0.717) is 17.3 Å². The zero-order valence-corrected chi connectivity index (χ0v) is 11.6. The number of benzene rings is 1. The highest BCUT2D eigenvalue weighted by Crippen LogP contribution is 2.19. The third-order valence-corrected chi connectivity index (χ3v) is 3.08. The molecule has 2 aromatic rings. The molecular formula is C14H13ClN2O3. The number of carboxylic acids is 1. The monoisotopic (exact) mass is 292 g/mol. The molecule has 0 unspecified atom stereocenters. The zero-order valence-electron chi connectivity index (χ0n) is 10.8. The van der Waals surface area contributed by atoms with Crippen molar-refractivity contribution >= 4 is 17.6 Å². The quantitative estimate of drug-likeness (QED) is 0.938. The molecule has 0 fully saturated rings. The number of nitrogens with zero attached hydrogens (tertiary/aromatic N) is 2. The fourth-order valence-corrected chi connectivity index (χ4v) is 1.99. The van der Waals surface area contributed by atoms with Crippen LogP contribution in [0.3, 0.4) is 0 Å². The highest BCUT2D eigenvalue weighted by atomic mass is 35.5. The predicted octanol–water partition coefficient (Wildman–Crippen LogP) is 2.21. The molecule has 6 heteroatoms.